The number of nitrogens with zero attached hydrogens (tertiary/aromatic N) is 2. The Morgan fingerprint density at radius 1 is 1.32 bits per heavy atom. The van der Waals surface area contributed by atoms with Gasteiger partial charge in [-0.1, -0.05) is 23.4 Å². The number of nitro benzene ring substituents is 1. The molecule has 0 spiro atoms. The molecule has 0 fully saturated rings. The van der Waals surface area contributed by atoms with Crippen molar-refractivity contribution < 1.29 is 23.6 Å². The SMILES string of the molecule is Cc1csc(Sc2ccc([N+](=O)[O-])cc2C(=O)OCC(=O)Nc2ccc(F)cc2Cl)n1. The Labute approximate surface area is 188 Å². The number of non-ortho nitro benzene ring substituents is 1. The second-order valence-corrected chi connectivity index (χ2v) is 8.60. The highest BCUT2D eigenvalue weighted by molar-refractivity contribution is 8.01. The first kappa shape index (κ1) is 22.7. The van der Waals surface area contributed by atoms with E-state index < -0.39 is 29.2 Å². The lowest BCUT2D eigenvalue weighted by molar-refractivity contribution is -0.384. The van der Waals surface area contributed by atoms with Gasteiger partial charge in [0.2, 0.25) is 0 Å². The Hall–Kier alpha value is -3.02. The highest BCUT2D eigenvalue weighted by Crippen LogP contribution is 2.34. The van der Waals surface area contributed by atoms with Crippen molar-refractivity contribution >= 4 is 58.0 Å². The molecule has 0 radical (unpaired) electrons. The summed E-state index contributed by atoms with van der Waals surface area (Å²) in [5, 5.41) is 15.3. The number of amides is 1. The molecule has 160 valence electrons. The third-order valence-electron chi connectivity index (χ3n) is 3.73. The van der Waals surface area contributed by atoms with Gasteiger partial charge in [0.05, 0.1) is 21.2 Å². The molecule has 0 aliphatic heterocycles. The van der Waals surface area contributed by atoms with Gasteiger partial charge in [0.25, 0.3) is 11.6 Å². The minimum absolute atomic E-state index is 0.0178. The van der Waals surface area contributed by atoms with E-state index in [1.54, 1.807) is 0 Å². The third-order valence-corrected chi connectivity index (χ3v) is 6.17. The highest BCUT2D eigenvalue weighted by atomic mass is 35.5. The summed E-state index contributed by atoms with van der Waals surface area (Å²) in [6, 6.07) is 7.18. The van der Waals surface area contributed by atoms with Gasteiger partial charge in [0.1, 0.15) is 5.82 Å². The molecular formula is C19H13ClFN3O5S2. The number of rotatable bonds is 7. The molecule has 0 unspecified atom stereocenters. The van der Waals surface area contributed by atoms with E-state index in [4.69, 9.17) is 16.3 Å². The molecule has 3 rings (SSSR count). The fraction of sp³-hybridized carbons (Fsp3) is 0.105. The van der Waals surface area contributed by atoms with Crippen molar-refractivity contribution in [3.05, 3.63) is 74.0 Å². The van der Waals surface area contributed by atoms with Crippen LogP contribution in [-0.2, 0) is 9.53 Å². The van der Waals surface area contributed by atoms with E-state index >= 15 is 0 Å². The lowest BCUT2D eigenvalue weighted by Crippen LogP contribution is -2.21. The average molecular weight is 482 g/mol. The molecule has 0 aliphatic rings. The standard InChI is InChI=1S/C19H13ClFN3O5S2/c1-10-9-30-19(22-10)31-16-5-3-12(24(27)28)7-13(16)18(26)29-8-17(25)23-15-4-2-11(21)6-14(15)20/h2-7,9H,8H2,1H3,(H,23,25). The van der Waals surface area contributed by atoms with E-state index in [-0.39, 0.29) is 22.0 Å². The van der Waals surface area contributed by atoms with E-state index in [1.165, 1.54) is 29.5 Å². The second kappa shape index (κ2) is 9.86. The summed E-state index contributed by atoms with van der Waals surface area (Å²) >= 11 is 8.36. The second-order valence-electron chi connectivity index (χ2n) is 6.04. The van der Waals surface area contributed by atoms with Crippen LogP contribution in [0.4, 0.5) is 15.8 Å². The lowest BCUT2D eigenvalue weighted by Gasteiger charge is -2.10. The van der Waals surface area contributed by atoms with E-state index in [9.17, 15) is 24.1 Å². The zero-order valence-electron chi connectivity index (χ0n) is 15.8. The van der Waals surface area contributed by atoms with Crippen LogP contribution in [0.5, 0.6) is 0 Å². The van der Waals surface area contributed by atoms with Crippen molar-refractivity contribution in [1.82, 2.24) is 4.98 Å². The summed E-state index contributed by atoms with van der Waals surface area (Å²) in [5.74, 6) is -2.20. The fourth-order valence-corrected chi connectivity index (χ4v) is 4.45. The summed E-state index contributed by atoms with van der Waals surface area (Å²) in [5.41, 5.74) is 0.582. The number of ether oxygens (including phenoxy) is 1. The smallest absolute Gasteiger partial charge is 0.340 e. The molecule has 31 heavy (non-hydrogen) atoms. The third kappa shape index (κ3) is 6.00. The predicted octanol–water partition coefficient (Wildman–Crippen LogP) is 5.10. The van der Waals surface area contributed by atoms with Crippen molar-refractivity contribution in [3.63, 3.8) is 0 Å². The minimum atomic E-state index is -0.917. The van der Waals surface area contributed by atoms with Crippen LogP contribution in [0, 0.1) is 22.9 Å². The normalized spacial score (nSPS) is 10.5. The molecule has 1 heterocycles. The van der Waals surface area contributed by atoms with E-state index in [0.717, 1.165) is 35.7 Å². The Morgan fingerprint density at radius 2 is 2.10 bits per heavy atom. The van der Waals surface area contributed by atoms with Crippen molar-refractivity contribution in [2.45, 2.75) is 16.2 Å². The van der Waals surface area contributed by atoms with Gasteiger partial charge < -0.3 is 10.1 Å². The molecule has 1 N–H and O–H groups in total. The maximum absolute atomic E-state index is 13.1. The van der Waals surface area contributed by atoms with Crippen molar-refractivity contribution in [3.8, 4) is 0 Å². The summed E-state index contributed by atoms with van der Waals surface area (Å²) in [6.07, 6.45) is 0. The van der Waals surface area contributed by atoms with Crippen LogP contribution in [0.2, 0.25) is 5.02 Å². The van der Waals surface area contributed by atoms with Crippen LogP contribution in [0.25, 0.3) is 0 Å². The zero-order valence-corrected chi connectivity index (χ0v) is 18.1. The number of esters is 1. The summed E-state index contributed by atoms with van der Waals surface area (Å²) in [4.78, 5) is 39.8. The highest BCUT2D eigenvalue weighted by Gasteiger charge is 2.21. The molecule has 0 saturated heterocycles. The summed E-state index contributed by atoms with van der Waals surface area (Å²) in [6.45, 7) is 1.15. The van der Waals surface area contributed by atoms with Gasteiger partial charge in [-0.25, -0.2) is 14.2 Å². The number of aryl methyl sites for hydroxylation is 1. The number of hydrogen-bond acceptors (Lipinski definition) is 8. The first-order valence-corrected chi connectivity index (χ1v) is 10.6. The molecule has 2 aromatic carbocycles. The van der Waals surface area contributed by atoms with Gasteiger partial charge in [-0.3, -0.25) is 14.9 Å². The van der Waals surface area contributed by atoms with E-state index in [1.807, 2.05) is 12.3 Å². The van der Waals surface area contributed by atoms with Crippen LogP contribution in [0.1, 0.15) is 16.1 Å². The Kier molecular flexibility index (Phi) is 7.21. The number of benzene rings is 2. The largest absolute Gasteiger partial charge is 0.452 e. The van der Waals surface area contributed by atoms with Gasteiger partial charge in [-0.05, 0) is 31.2 Å². The molecule has 1 aromatic heterocycles. The number of aromatic nitrogens is 1. The predicted molar refractivity (Wildman–Crippen MR) is 114 cm³/mol. The molecule has 0 bridgehead atoms. The number of carbonyl (C=O) groups excluding carboxylic acids is 2. The maximum Gasteiger partial charge on any atom is 0.340 e. The number of carbonyl (C=O) groups is 2. The average Bonchev–Trinajstić information content (AvgIpc) is 3.13. The lowest BCUT2D eigenvalue weighted by atomic mass is 10.2. The molecule has 12 heteroatoms. The van der Waals surface area contributed by atoms with Crippen molar-refractivity contribution in [2.75, 3.05) is 11.9 Å². The number of nitro groups is 1. The number of nitrogens with one attached hydrogen (secondary N) is 1. The van der Waals surface area contributed by atoms with Crippen LogP contribution < -0.4 is 5.32 Å². The van der Waals surface area contributed by atoms with Gasteiger partial charge in [0, 0.05) is 28.1 Å². The van der Waals surface area contributed by atoms with E-state index in [0.29, 0.717) is 9.24 Å². The van der Waals surface area contributed by atoms with Crippen LogP contribution in [0.15, 0.2) is 51.0 Å². The molecule has 0 saturated carbocycles. The Morgan fingerprint density at radius 3 is 2.74 bits per heavy atom. The molecule has 8 nitrogen and oxygen atoms in total. The minimum Gasteiger partial charge on any atom is -0.452 e. The number of hydrogen-bond donors (Lipinski definition) is 1. The summed E-state index contributed by atoms with van der Waals surface area (Å²) < 4.78 is 18.8. The molecule has 3 aromatic rings. The molecular weight excluding hydrogens is 469 g/mol. The number of halogens is 2. The first-order valence-electron chi connectivity index (χ1n) is 8.53. The molecule has 1 amide bonds. The summed E-state index contributed by atoms with van der Waals surface area (Å²) in [7, 11) is 0. The Bertz CT molecular complexity index is 1170. The number of anilines is 1. The zero-order chi connectivity index (χ0) is 22.5. The van der Waals surface area contributed by atoms with Gasteiger partial charge >= 0.3 is 5.97 Å². The molecule has 0 atom stereocenters. The van der Waals surface area contributed by atoms with Crippen molar-refractivity contribution in [1.29, 1.82) is 0 Å². The number of thiazole rings is 1. The monoisotopic (exact) mass is 481 g/mol. The van der Waals surface area contributed by atoms with Gasteiger partial charge in [0.15, 0.2) is 10.9 Å². The van der Waals surface area contributed by atoms with Crippen LogP contribution >= 0.6 is 34.7 Å². The van der Waals surface area contributed by atoms with Gasteiger partial charge in [-0.2, -0.15) is 0 Å². The Balaban J connectivity index is 1.73. The quantitative estimate of drug-likeness (QED) is 0.284. The maximum atomic E-state index is 13.1. The van der Waals surface area contributed by atoms with Crippen LogP contribution in [0.3, 0.4) is 0 Å². The van der Waals surface area contributed by atoms with Crippen LogP contribution in [-0.4, -0.2) is 28.4 Å². The fourth-order valence-electron chi connectivity index (χ4n) is 2.34. The first-order chi connectivity index (χ1) is 14.7. The topological polar surface area (TPSA) is 111 Å². The molecule has 0 aliphatic carbocycles. The van der Waals surface area contributed by atoms with Crippen molar-refractivity contribution in [2.24, 2.45) is 0 Å². The van der Waals surface area contributed by atoms with Gasteiger partial charge in [-0.15, -0.1) is 11.3 Å². The van der Waals surface area contributed by atoms with E-state index in [2.05, 4.69) is 10.3 Å².